The molecular weight excluding hydrogens is 423 g/mol. The van der Waals surface area contributed by atoms with E-state index in [4.69, 9.17) is 4.74 Å². The second-order valence-electron chi connectivity index (χ2n) is 8.61. The molecule has 7 nitrogen and oxygen atoms in total. The highest BCUT2D eigenvalue weighted by Gasteiger charge is 2.35. The third kappa shape index (κ3) is 4.94. The predicted octanol–water partition coefficient (Wildman–Crippen LogP) is 4.44. The number of unbranched alkanes of at least 4 members (excludes halogenated alkanes) is 1. The molecule has 0 saturated heterocycles. The summed E-state index contributed by atoms with van der Waals surface area (Å²) in [5.41, 5.74) is 3.65. The van der Waals surface area contributed by atoms with Gasteiger partial charge in [-0.2, -0.15) is 0 Å². The molecule has 1 aromatic heterocycles. The molecule has 0 spiro atoms. The predicted molar refractivity (Wildman–Crippen MR) is 122 cm³/mol. The van der Waals surface area contributed by atoms with Gasteiger partial charge in [-0.3, -0.25) is 14.3 Å². The number of ketones is 1. The van der Waals surface area contributed by atoms with Crippen molar-refractivity contribution in [3.05, 3.63) is 70.8 Å². The Hall–Kier alpha value is -3.55. The van der Waals surface area contributed by atoms with Crippen LogP contribution in [0.3, 0.4) is 0 Å². The first-order chi connectivity index (χ1) is 15.8. The molecule has 8 heteroatoms. The fourth-order valence-electron chi connectivity index (χ4n) is 3.95. The maximum absolute atomic E-state index is 13.4. The van der Waals surface area contributed by atoms with E-state index in [9.17, 15) is 14.0 Å². The third-order valence-corrected chi connectivity index (χ3v) is 5.71. The maximum Gasteiger partial charge on any atom is 0.299 e. The number of halogens is 1. The van der Waals surface area contributed by atoms with Crippen LogP contribution in [0.15, 0.2) is 42.6 Å². The van der Waals surface area contributed by atoms with Crippen LogP contribution in [-0.4, -0.2) is 33.2 Å². The van der Waals surface area contributed by atoms with E-state index in [2.05, 4.69) is 36.3 Å². The van der Waals surface area contributed by atoms with Gasteiger partial charge >= 0.3 is 0 Å². The van der Waals surface area contributed by atoms with Crippen LogP contribution in [0, 0.1) is 12.7 Å². The van der Waals surface area contributed by atoms with E-state index in [1.807, 2.05) is 19.2 Å². The van der Waals surface area contributed by atoms with Gasteiger partial charge in [-0.15, -0.1) is 5.10 Å². The summed E-state index contributed by atoms with van der Waals surface area (Å²) in [4.78, 5) is 25.7. The lowest BCUT2D eigenvalue weighted by molar-refractivity contribution is -0.114. The number of rotatable bonds is 9. The first-order valence-corrected chi connectivity index (χ1v) is 11.1. The maximum atomic E-state index is 13.4. The van der Waals surface area contributed by atoms with Crippen molar-refractivity contribution in [2.75, 3.05) is 11.4 Å². The molecule has 4 rings (SSSR count). The summed E-state index contributed by atoms with van der Waals surface area (Å²) in [6, 6.07) is 10.1. The SMILES string of the molecule is Cc1ccc(C(C)C)c(OCc2cn(CCCCN3C(=O)C(=O)c4cc(F)ccc43)nn2)c1. The van der Waals surface area contributed by atoms with Crippen molar-refractivity contribution in [1.29, 1.82) is 0 Å². The molecule has 0 saturated carbocycles. The lowest BCUT2D eigenvalue weighted by atomic mass is 10.0. The topological polar surface area (TPSA) is 77.3 Å². The molecule has 172 valence electrons. The smallest absolute Gasteiger partial charge is 0.299 e. The Balaban J connectivity index is 1.28. The number of anilines is 1. The number of nitrogens with zero attached hydrogens (tertiary/aromatic N) is 4. The molecule has 1 aliphatic heterocycles. The second-order valence-corrected chi connectivity index (χ2v) is 8.61. The van der Waals surface area contributed by atoms with Gasteiger partial charge in [0, 0.05) is 13.1 Å². The quantitative estimate of drug-likeness (QED) is 0.356. The number of fused-ring (bicyclic) bond motifs is 1. The lowest BCUT2D eigenvalue weighted by Gasteiger charge is -2.16. The van der Waals surface area contributed by atoms with Crippen LogP contribution in [0.25, 0.3) is 0 Å². The van der Waals surface area contributed by atoms with E-state index < -0.39 is 17.5 Å². The van der Waals surface area contributed by atoms with Gasteiger partial charge in [0.2, 0.25) is 0 Å². The average molecular weight is 451 g/mol. The van der Waals surface area contributed by atoms with Crippen LogP contribution in [0.2, 0.25) is 0 Å². The Morgan fingerprint density at radius 2 is 1.85 bits per heavy atom. The molecule has 0 fully saturated rings. The summed E-state index contributed by atoms with van der Waals surface area (Å²) in [5.74, 6) is -0.553. The Bertz CT molecular complexity index is 1190. The third-order valence-electron chi connectivity index (χ3n) is 5.71. The minimum Gasteiger partial charge on any atom is -0.487 e. The van der Waals surface area contributed by atoms with E-state index in [1.54, 1.807) is 4.68 Å². The summed E-state index contributed by atoms with van der Waals surface area (Å²) < 4.78 is 21.2. The molecule has 0 bridgehead atoms. The highest BCUT2D eigenvalue weighted by atomic mass is 19.1. The number of carbonyl (C=O) groups is 2. The van der Waals surface area contributed by atoms with Gasteiger partial charge in [0.15, 0.2) is 0 Å². The molecule has 1 amide bonds. The van der Waals surface area contributed by atoms with Crippen molar-refractivity contribution in [3.63, 3.8) is 0 Å². The number of Topliss-reactive ketones (excluding diaryl/α,β-unsaturated/α-hetero) is 1. The van der Waals surface area contributed by atoms with E-state index in [0.29, 0.717) is 37.7 Å². The largest absolute Gasteiger partial charge is 0.487 e. The van der Waals surface area contributed by atoms with E-state index in [-0.39, 0.29) is 5.56 Å². The van der Waals surface area contributed by atoms with Gasteiger partial charge in [-0.25, -0.2) is 4.39 Å². The number of hydrogen-bond donors (Lipinski definition) is 0. The molecule has 0 aliphatic carbocycles. The zero-order chi connectivity index (χ0) is 23.5. The average Bonchev–Trinajstić information content (AvgIpc) is 3.33. The van der Waals surface area contributed by atoms with E-state index >= 15 is 0 Å². The van der Waals surface area contributed by atoms with Crippen LogP contribution in [0.1, 0.15) is 59.8 Å². The minimum absolute atomic E-state index is 0.134. The van der Waals surface area contributed by atoms with Gasteiger partial charge < -0.3 is 9.64 Å². The zero-order valence-electron chi connectivity index (χ0n) is 19.0. The number of amides is 1. The number of ether oxygens (including phenoxy) is 1. The highest BCUT2D eigenvalue weighted by molar-refractivity contribution is 6.52. The van der Waals surface area contributed by atoms with Gasteiger partial charge in [-0.1, -0.05) is 31.2 Å². The van der Waals surface area contributed by atoms with Gasteiger partial charge in [-0.05, 0) is 61.1 Å². The molecule has 0 radical (unpaired) electrons. The van der Waals surface area contributed by atoms with Crippen LogP contribution in [0.5, 0.6) is 5.75 Å². The van der Waals surface area contributed by atoms with Gasteiger partial charge in [0.05, 0.1) is 17.4 Å². The van der Waals surface area contributed by atoms with Crippen molar-refractivity contribution >= 4 is 17.4 Å². The summed E-state index contributed by atoms with van der Waals surface area (Å²) >= 11 is 0. The Labute approximate surface area is 192 Å². The summed E-state index contributed by atoms with van der Waals surface area (Å²) in [5, 5.41) is 8.34. The van der Waals surface area contributed by atoms with Crippen molar-refractivity contribution < 1.29 is 18.7 Å². The molecule has 2 heterocycles. The standard InChI is InChI=1S/C25H27FN4O3/c1-16(2)20-8-6-17(3)12-23(20)33-15-19-14-29(28-27-19)10-4-5-11-30-22-9-7-18(26)13-21(22)24(31)25(30)32/h6-9,12-14,16H,4-5,10-11,15H2,1-3H3. The highest BCUT2D eigenvalue weighted by Crippen LogP contribution is 2.30. The molecule has 33 heavy (non-hydrogen) atoms. The molecular formula is C25H27FN4O3. The normalized spacial score (nSPS) is 13.2. The van der Waals surface area contributed by atoms with Crippen molar-refractivity contribution in [2.24, 2.45) is 0 Å². The van der Waals surface area contributed by atoms with Crippen molar-refractivity contribution in [1.82, 2.24) is 15.0 Å². The Morgan fingerprint density at radius 1 is 1.06 bits per heavy atom. The van der Waals surface area contributed by atoms with Crippen LogP contribution in [-0.2, 0) is 17.9 Å². The minimum atomic E-state index is -0.653. The summed E-state index contributed by atoms with van der Waals surface area (Å²) in [7, 11) is 0. The molecule has 0 atom stereocenters. The number of hydrogen-bond acceptors (Lipinski definition) is 5. The monoisotopic (exact) mass is 450 g/mol. The Kier molecular flexibility index (Phi) is 6.53. The first kappa shape index (κ1) is 22.6. The molecule has 0 unspecified atom stereocenters. The number of aryl methyl sites for hydroxylation is 2. The zero-order valence-corrected chi connectivity index (χ0v) is 19.0. The van der Waals surface area contributed by atoms with E-state index in [0.717, 1.165) is 35.1 Å². The second kappa shape index (κ2) is 9.52. The van der Waals surface area contributed by atoms with E-state index in [1.165, 1.54) is 17.0 Å². The first-order valence-electron chi connectivity index (χ1n) is 11.1. The van der Waals surface area contributed by atoms with Crippen LogP contribution >= 0.6 is 0 Å². The molecule has 2 aromatic carbocycles. The van der Waals surface area contributed by atoms with Crippen molar-refractivity contribution in [2.45, 2.75) is 52.7 Å². The van der Waals surface area contributed by atoms with Gasteiger partial charge in [0.1, 0.15) is 23.9 Å². The summed E-state index contributed by atoms with van der Waals surface area (Å²) in [6.45, 7) is 7.66. The van der Waals surface area contributed by atoms with Crippen LogP contribution < -0.4 is 9.64 Å². The fourth-order valence-corrected chi connectivity index (χ4v) is 3.95. The number of benzene rings is 2. The summed E-state index contributed by atoms with van der Waals surface area (Å²) in [6.07, 6.45) is 3.27. The molecule has 3 aromatic rings. The Morgan fingerprint density at radius 3 is 2.64 bits per heavy atom. The molecule has 0 N–H and O–H groups in total. The fraction of sp³-hybridized carbons (Fsp3) is 0.360. The number of carbonyl (C=O) groups excluding carboxylic acids is 2. The van der Waals surface area contributed by atoms with Crippen molar-refractivity contribution in [3.8, 4) is 5.75 Å². The number of aromatic nitrogens is 3. The lowest BCUT2D eigenvalue weighted by Crippen LogP contribution is -2.30. The van der Waals surface area contributed by atoms with Gasteiger partial charge in [0.25, 0.3) is 11.7 Å². The van der Waals surface area contributed by atoms with Crippen LogP contribution in [0.4, 0.5) is 10.1 Å². The molecule has 1 aliphatic rings.